The molecule has 0 saturated heterocycles. The highest BCUT2D eigenvalue weighted by Crippen LogP contribution is 2.24. The molecule has 0 aliphatic heterocycles. The van der Waals surface area contributed by atoms with Gasteiger partial charge < -0.3 is 0 Å². The first-order valence-electron chi connectivity index (χ1n) is 7.19. The molecule has 1 aromatic carbocycles. The van der Waals surface area contributed by atoms with Crippen LogP contribution in [0.1, 0.15) is 26.6 Å². The lowest BCUT2D eigenvalue weighted by atomic mass is 9.96. The summed E-state index contributed by atoms with van der Waals surface area (Å²) < 4.78 is 3.76. The zero-order chi connectivity index (χ0) is 15.3. The summed E-state index contributed by atoms with van der Waals surface area (Å²) in [4.78, 5) is 4.58. The molecular formula is C16H16N6. The van der Waals surface area contributed by atoms with Gasteiger partial charge in [-0.25, -0.2) is 9.67 Å². The van der Waals surface area contributed by atoms with Crippen molar-refractivity contribution in [3.63, 3.8) is 0 Å². The molecule has 0 fully saturated rings. The Morgan fingerprint density at radius 2 is 1.73 bits per heavy atom. The second-order valence-electron chi connectivity index (χ2n) is 6.34. The molecule has 4 aromatic rings. The summed E-state index contributed by atoms with van der Waals surface area (Å²) in [5, 5.41) is 14.0. The van der Waals surface area contributed by atoms with Gasteiger partial charge in [-0.3, -0.25) is 4.40 Å². The second kappa shape index (κ2) is 4.37. The lowest BCUT2D eigenvalue weighted by molar-refractivity contribution is 0.537. The highest BCUT2D eigenvalue weighted by Gasteiger charge is 2.22. The highest BCUT2D eigenvalue weighted by atomic mass is 15.3. The summed E-state index contributed by atoms with van der Waals surface area (Å²) in [5.41, 5.74) is 2.46. The molecule has 0 saturated carbocycles. The van der Waals surface area contributed by atoms with Crippen molar-refractivity contribution in [3.8, 4) is 5.69 Å². The van der Waals surface area contributed by atoms with Crippen molar-refractivity contribution in [3.05, 3.63) is 48.7 Å². The Kier molecular flexibility index (Phi) is 2.57. The van der Waals surface area contributed by atoms with Crippen LogP contribution in [0.5, 0.6) is 0 Å². The molecule has 4 rings (SSSR count). The molecule has 22 heavy (non-hydrogen) atoms. The molecule has 6 heteroatoms. The number of hydrogen-bond acceptors (Lipinski definition) is 4. The van der Waals surface area contributed by atoms with Gasteiger partial charge in [0.1, 0.15) is 12.2 Å². The minimum absolute atomic E-state index is 0.0931. The van der Waals surface area contributed by atoms with Crippen LogP contribution in [-0.4, -0.2) is 29.4 Å². The van der Waals surface area contributed by atoms with Crippen molar-refractivity contribution in [2.24, 2.45) is 0 Å². The van der Waals surface area contributed by atoms with E-state index < -0.39 is 0 Å². The maximum atomic E-state index is 4.58. The van der Waals surface area contributed by atoms with E-state index in [1.54, 1.807) is 12.5 Å². The number of benzene rings is 1. The lowest BCUT2D eigenvalue weighted by Gasteiger charge is -2.15. The number of rotatable bonds is 1. The first kappa shape index (κ1) is 12.9. The third-order valence-electron chi connectivity index (χ3n) is 3.65. The maximum absolute atomic E-state index is 4.58. The zero-order valence-electron chi connectivity index (χ0n) is 12.7. The average Bonchev–Trinajstić information content (AvgIpc) is 3.11. The highest BCUT2D eigenvalue weighted by molar-refractivity contribution is 5.89. The van der Waals surface area contributed by atoms with Crippen LogP contribution in [-0.2, 0) is 5.41 Å². The van der Waals surface area contributed by atoms with E-state index in [1.165, 1.54) is 0 Å². The van der Waals surface area contributed by atoms with Gasteiger partial charge in [0.15, 0.2) is 11.3 Å². The quantitative estimate of drug-likeness (QED) is 0.541. The third kappa shape index (κ3) is 1.80. The Morgan fingerprint density at radius 1 is 0.955 bits per heavy atom. The van der Waals surface area contributed by atoms with Crippen LogP contribution in [0.3, 0.4) is 0 Å². The fraction of sp³-hybridized carbons (Fsp3) is 0.250. The maximum Gasteiger partial charge on any atom is 0.174 e. The summed E-state index contributed by atoms with van der Waals surface area (Å²) in [7, 11) is 0. The van der Waals surface area contributed by atoms with E-state index in [1.807, 2.05) is 39.4 Å². The van der Waals surface area contributed by atoms with Crippen molar-refractivity contribution < 1.29 is 0 Å². The van der Waals surface area contributed by atoms with Gasteiger partial charge in [0.2, 0.25) is 0 Å². The van der Waals surface area contributed by atoms with E-state index >= 15 is 0 Å². The van der Waals surface area contributed by atoms with Gasteiger partial charge in [0, 0.05) is 5.41 Å². The van der Waals surface area contributed by atoms with Crippen molar-refractivity contribution >= 4 is 16.7 Å². The minimum Gasteiger partial charge on any atom is -0.268 e. The predicted molar refractivity (Wildman–Crippen MR) is 84.1 cm³/mol. The normalized spacial score (nSPS) is 12.3. The van der Waals surface area contributed by atoms with Gasteiger partial charge in [-0.2, -0.15) is 5.10 Å². The summed E-state index contributed by atoms with van der Waals surface area (Å²) >= 11 is 0. The molecule has 6 nitrogen and oxygen atoms in total. The minimum atomic E-state index is -0.0931. The molecule has 0 bridgehead atoms. The van der Waals surface area contributed by atoms with Crippen LogP contribution in [0.2, 0.25) is 0 Å². The summed E-state index contributed by atoms with van der Waals surface area (Å²) in [6, 6.07) is 9.95. The average molecular weight is 292 g/mol. The molecule has 0 aliphatic rings. The molecule has 0 aliphatic carbocycles. The summed E-state index contributed by atoms with van der Waals surface area (Å²) in [5.74, 6) is 0.893. The lowest BCUT2D eigenvalue weighted by Crippen LogP contribution is -2.16. The zero-order valence-corrected chi connectivity index (χ0v) is 12.7. The van der Waals surface area contributed by atoms with Crippen LogP contribution < -0.4 is 0 Å². The van der Waals surface area contributed by atoms with Gasteiger partial charge in [-0.15, -0.1) is 10.2 Å². The topological polar surface area (TPSA) is 60.9 Å². The fourth-order valence-electron chi connectivity index (χ4n) is 2.59. The Bertz CT molecular complexity index is 959. The molecule has 0 unspecified atom stereocenters. The molecule has 3 heterocycles. The van der Waals surface area contributed by atoms with Gasteiger partial charge in [0.05, 0.1) is 17.3 Å². The van der Waals surface area contributed by atoms with E-state index in [0.717, 1.165) is 28.2 Å². The van der Waals surface area contributed by atoms with Crippen molar-refractivity contribution in [2.45, 2.75) is 26.2 Å². The van der Waals surface area contributed by atoms with E-state index in [0.29, 0.717) is 0 Å². The van der Waals surface area contributed by atoms with E-state index in [-0.39, 0.29) is 5.41 Å². The number of hydrogen-bond donors (Lipinski definition) is 0. The first-order chi connectivity index (χ1) is 10.6. The summed E-state index contributed by atoms with van der Waals surface area (Å²) in [6.07, 6.45) is 3.57. The van der Waals surface area contributed by atoms with Crippen LogP contribution in [0.4, 0.5) is 0 Å². The predicted octanol–water partition coefficient (Wildman–Crippen LogP) is 2.76. The molecule has 0 spiro atoms. The molecule has 0 atom stereocenters. The molecule has 3 aromatic heterocycles. The van der Waals surface area contributed by atoms with Crippen molar-refractivity contribution in [1.82, 2.24) is 29.4 Å². The van der Waals surface area contributed by atoms with Crippen LogP contribution in [0.15, 0.2) is 42.9 Å². The van der Waals surface area contributed by atoms with Gasteiger partial charge >= 0.3 is 0 Å². The second-order valence-corrected chi connectivity index (χ2v) is 6.34. The fourth-order valence-corrected chi connectivity index (χ4v) is 2.59. The number of fused-ring (bicyclic) bond motifs is 3. The van der Waals surface area contributed by atoms with Crippen LogP contribution in [0.25, 0.3) is 22.4 Å². The van der Waals surface area contributed by atoms with Gasteiger partial charge in [-0.05, 0) is 12.1 Å². The molecule has 0 radical (unpaired) electrons. The Balaban J connectivity index is 2.00. The molecule has 0 amide bonds. The number of nitrogens with zero attached hydrogens (tertiary/aromatic N) is 6. The molecule has 110 valence electrons. The molecule has 0 N–H and O–H groups in total. The van der Waals surface area contributed by atoms with E-state index in [2.05, 4.69) is 41.1 Å². The van der Waals surface area contributed by atoms with Crippen LogP contribution in [0, 0.1) is 0 Å². The van der Waals surface area contributed by atoms with Crippen LogP contribution >= 0.6 is 0 Å². The van der Waals surface area contributed by atoms with E-state index in [9.17, 15) is 0 Å². The SMILES string of the molecule is CC(C)(C)c1nnc2c3cnn(-c4ccccc4)c3ncn12. The Hall–Kier alpha value is -2.76. The monoisotopic (exact) mass is 292 g/mol. The molecular weight excluding hydrogens is 276 g/mol. The largest absolute Gasteiger partial charge is 0.268 e. The first-order valence-corrected chi connectivity index (χ1v) is 7.19. The summed E-state index contributed by atoms with van der Waals surface area (Å²) in [6.45, 7) is 6.34. The van der Waals surface area contributed by atoms with Crippen molar-refractivity contribution in [2.75, 3.05) is 0 Å². The number of aromatic nitrogens is 6. The number of para-hydroxylation sites is 1. The smallest absolute Gasteiger partial charge is 0.174 e. The Labute approximate surface area is 127 Å². The standard InChI is InChI=1S/C16H16N6/c1-16(2,3)15-20-19-14-12-9-18-22(11-7-5-4-6-8-11)13(12)17-10-21(14)15/h4-10H,1-3H3. The third-order valence-corrected chi connectivity index (χ3v) is 3.65. The van der Waals surface area contributed by atoms with Gasteiger partial charge in [0.25, 0.3) is 0 Å². The Morgan fingerprint density at radius 3 is 2.45 bits per heavy atom. The van der Waals surface area contributed by atoms with Crippen molar-refractivity contribution in [1.29, 1.82) is 0 Å². The van der Waals surface area contributed by atoms with E-state index in [4.69, 9.17) is 0 Å². The van der Waals surface area contributed by atoms with Gasteiger partial charge in [-0.1, -0.05) is 39.0 Å².